The highest BCUT2D eigenvalue weighted by Crippen LogP contribution is 2.44. The molecule has 260 valence electrons. The zero-order valence-electron chi connectivity index (χ0n) is 30.4. The van der Waals surface area contributed by atoms with Crippen LogP contribution in [0.4, 0.5) is 0 Å². The van der Waals surface area contributed by atoms with Crippen molar-refractivity contribution < 1.29 is 0 Å². The number of nitrogens with zero attached hydrogens (tertiary/aromatic N) is 3. The third-order valence-corrected chi connectivity index (χ3v) is 11.8. The maximum Gasteiger partial charge on any atom is 0.160 e. The number of aromatic nitrogens is 3. The van der Waals surface area contributed by atoms with E-state index < -0.39 is 0 Å². The van der Waals surface area contributed by atoms with Crippen LogP contribution in [0.15, 0.2) is 188 Å². The van der Waals surface area contributed by atoms with Crippen molar-refractivity contribution in [1.29, 1.82) is 0 Å². The smallest absolute Gasteiger partial charge is 0.160 e. The summed E-state index contributed by atoms with van der Waals surface area (Å²) in [4.78, 5) is 10.7. The van der Waals surface area contributed by atoms with Gasteiger partial charge in [-0.1, -0.05) is 152 Å². The maximum absolute atomic E-state index is 5.37. The largest absolute Gasteiger partial charge is 0.309 e. The molecule has 3 heteroatoms. The van der Waals surface area contributed by atoms with Crippen LogP contribution in [0, 0.1) is 0 Å². The molecule has 2 aromatic heterocycles. The third-order valence-electron chi connectivity index (χ3n) is 11.8. The van der Waals surface area contributed by atoms with E-state index in [2.05, 4.69) is 187 Å². The van der Waals surface area contributed by atoms with E-state index in [1.807, 2.05) is 6.07 Å². The average Bonchev–Trinajstić information content (AvgIpc) is 3.82. The Bertz CT molecular complexity index is 3300. The van der Waals surface area contributed by atoms with Crippen LogP contribution in [-0.2, 0) is 6.42 Å². The number of para-hydroxylation sites is 2. The van der Waals surface area contributed by atoms with E-state index in [0.717, 1.165) is 40.4 Å². The van der Waals surface area contributed by atoms with Crippen LogP contribution in [0.1, 0.15) is 11.1 Å². The zero-order valence-corrected chi connectivity index (χ0v) is 30.4. The van der Waals surface area contributed by atoms with Crippen molar-refractivity contribution in [3.63, 3.8) is 0 Å². The van der Waals surface area contributed by atoms with Gasteiger partial charge in [-0.3, -0.25) is 0 Å². The lowest BCUT2D eigenvalue weighted by molar-refractivity contribution is 1.13. The Labute approximate surface area is 323 Å². The first-order valence-corrected chi connectivity index (χ1v) is 19.3. The van der Waals surface area contributed by atoms with Gasteiger partial charge < -0.3 is 4.57 Å². The number of benzene rings is 9. The maximum atomic E-state index is 5.37. The molecule has 0 saturated carbocycles. The second-order valence-corrected chi connectivity index (χ2v) is 14.9. The highest BCUT2D eigenvalue weighted by atomic mass is 15.0. The van der Waals surface area contributed by atoms with E-state index >= 15 is 0 Å². The summed E-state index contributed by atoms with van der Waals surface area (Å²) in [5.41, 5.74) is 13.7. The Hall–Kier alpha value is -7.36. The summed E-state index contributed by atoms with van der Waals surface area (Å²) in [6, 6.07) is 68.1. The van der Waals surface area contributed by atoms with Crippen molar-refractivity contribution >= 4 is 54.1 Å². The van der Waals surface area contributed by atoms with Gasteiger partial charge in [0.15, 0.2) is 5.82 Å². The summed E-state index contributed by atoms with van der Waals surface area (Å²) in [7, 11) is 0. The van der Waals surface area contributed by atoms with Crippen LogP contribution in [0.5, 0.6) is 0 Å². The Morgan fingerprint density at radius 3 is 1.59 bits per heavy atom. The summed E-state index contributed by atoms with van der Waals surface area (Å²) in [5, 5.41) is 10.1. The van der Waals surface area contributed by atoms with Gasteiger partial charge in [0.05, 0.1) is 22.4 Å². The number of hydrogen-bond donors (Lipinski definition) is 0. The van der Waals surface area contributed by atoms with E-state index in [9.17, 15) is 0 Å². The molecule has 0 aliphatic heterocycles. The molecule has 3 nitrogen and oxygen atoms in total. The minimum atomic E-state index is 0.745. The van der Waals surface area contributed by atoms with Crippen LogP contribution in [0.3, 0.4) is 0 Å². The highest BCUT2D eigenvalue weighted by molar-refractivity contribution is 6.25. The molecule has 0 atom stereocenters. The first-order valence-electron chi connectivity index (χ1n) is 19.3. The lowest BCUT2D eigenvalue weighted by Crippen LogP contribution is -1.99. The molecule has 0 N–H and O–H groups in total. The first kappa shape index (κ1) is 31.0. The minimum absolute atomic E-state index is 0.745. The van der Waals surface area contributed by atoms with Gasteiger partial charge in [-0.2, -0.15) is 0 Å². The van der Waals surface area contributed by atoms with E-state index in [1.165, 1.54) is 81.9 Å². The monoisotopic (exact) mass is 711 g/mol. The third kappa shape index (κ3) is 4.64. The van der Waals surface area contributed by atoms with Crippen LogP contribution >= 0.6 is 0 Å². The second kappa shape index (κ2) is 12.1. The Kier molecular flexibility index (Phi) is 6.69. The lowest BCUT2D eigenvalue weighted by Gasteiger charge is -2.14. The molecule has 0 unspecified atom stereocenters. The highest BCUT2D eigenvalue weighted by Gasteiger charge is 2.27. The van der Waals surface area contributed by atoms with Gasteiger partial charge >= 0.3 is 0 Å². The summed E-state index contributed by atoms with van der Waals surface area (Å²) in [5.74, 6) is 0.745. The predicted octanol–water partition coefficient (Wildman–Crippen LogP) is 13.6. The van der Waals surface area contributed by atoms with Crippen molar-refractivity contribution in [3.05, 3.63) is 199 Å². The number of hydrogen-bond acceptors (Lipinski definition) is 2. The Morgan fingerprint density at radius 1 is 0.357 bits per heavy atom. The molecule has 0 bridgehead atoms. The van der Waals surface area contributed by atoms with E-state index in [-0.39, 0.29) is 0 Å². The van der Waals surface area contributed by atoms with Gasteiger partial charge in [0.25, 0.3) is 0 Å². The first-order chi connectivity index (χ1) is 27.8. The summed E-state index contributed by atoms with van der Waals surface area (Å²) in [6.07, 6.45) is 0.785. The topological polar surface area (TPSA) is 30.7 Å². The van der Waals surface area contributed by atoms with Gasteiger partial charge in [0, 0.05) is 45.1 Å². The second-order valence-electron chi connectivity index (χ2n) is 14.9. The molecule has 0 fully saturated rings. The van der Waals surface area contributed by atoms with E-state index in [4.69, 9.17) is 9.97 Å². The number of fused-ring (bicyclic) bond motifs is 12. The molecule has 1 aliphatic rings. The van der Waals surface area contributed by atoms with Gasteiger partial charge in [0.1, 0.15) is 0 Å². The van der Waals surface area contributed by atoms with Gasteiger partial charge in [-0.15, -0.1) is 0 Å². The Balaban J connectivity index is 1.03. The molecule has 0 saturated heterocycles. The van der Waals surface area contributed by atoms with E-state index in [1.54, 1.807) is 0 Å². The molecule has 12 rings (SSSR count). The molecule has 11 aromatic rings. The minimum Gasteiger partial charge on any atom is -0.309 e. The van der Waals surface area contributed by atoms with Crippen molar-refractivity contribution in [2.75, 3.05) is 0 Å². The summed E-state index contributed by atoms with van der Waals surface area (Å²) in [6.45, 7) is 0. The fourth-order valence-electron chi connectivity index (χ4n) is 9.23. The normalized spacial score (nSPS) is 12.2. The van der Waals surface area contributed by atoms with Gasteiger partial charge in [-0.25, -0.2) is 9.97 Å². The molecule has 0 spiro atoms. The van der Waals surface area contributed by atoms with Crippen LogP contribution < -0.4 is 0 Å². The van der Waals surface area contributed by atoms with E-state index in [0.29, 0.717) is 0 Å². The van der Waals surface area contributed by atoms with Gasteiger partial charge in [-0.05, 0) is 85.4 Å². The summed E-state index contributed by atoms with van der Waals surface area (Å²) >= 11 is 0. The van der Waals surface area contributed by atoms with Crippen LogP contribution in [-0.4, -0.2) is 14.5 Å². The number of rotatable bonds is 4. The lowest BCUT2D eigenvalue weighted by atomic mass is 9.92. The molecule has 0 radical (unpaired) electrons. The summed E-state index contributed by atoms with van der Waals surface area (Å²) < 4.78 is 2.39. The molecule has 1 aliphatic carbocycles. The van der Waals surface area contributed by atoms with Crippen molar-refractivity contribution in [2.24, 2.45) is 0 Å². The van der Waals surface area contributed by atoms with Crippen LogP contribution in [0.2, 0.25) is 0 Å². The quantitative estimate of drug-likeness (QED) is 0.170. The molecular formula is C53H33N3. The fraction of sp³-hybridized carbons (Fsp3) is 0.0189. The van der Waals surface area contributed by atoms with Crippen molar-refractivity contribution in [3.8, 4) is 50.7 Å². The van der Waals surface area contributed by atoms with Crippen molar-refractivity contribution in [1.82, 2.24) is 14.5 Å². The van der Waals surface area contributed by atoms with Crippen molar-refractivity contribution in [2.45, 2.75) is 6.42 Å². The predicted molar refractivity (Wildman–Crippen MR) is 233 cm³/mol. The SMILES string of the molecule is c1ccc(-c2nc(-c3ccc4c5ccccc5c5ccccc5c4c3)c3c(n2)-c2cc(-c4cccc(-n5c6ccccc6c6ccccc65)c4)ccc2C3)cc1. The molecule has 0 amide bonds. The standard InChI is InChI=1S/C53H33N3/c1-2-13-33(14-3-1)53-54-51(37-27-28-43-41-19-5-4-17-39(41)40-18-6-7-20-42(40)47(43)32-37)48-31-36-26-25-35(30-46(36)52(48)55-53)34-15-12-16-38(29-34)56-49-23-10-8-21-44(49)45-22-9-11-24-50(45)56/h1-30,32H,31H2. The molecule has 2 heterocycles. The Morgan fingerprint density at radius 2 is 0.893 bits per heavy atom. The molecule has 9 aromatic carbocycles. The van der Waals surface area contributed by atoms with Crippen LogP contribution in [0.25, 0.3) is 105 Å². The molecular weight excluding hydrogens is 679 g/mol. The molecule has 56 heavy (non-hydrogen) atoms. The average molecular weight is 712 g/mol. The fourth-order valence-corrected chi connectivity index (χ4v) is 9.23. The zero-order chi connectivity index (χ0) is 36.7. The van der Waals surface area contributed by atoms with Gasteiger partial charge in [0.2, 0.25) is 0 Å².